The maximum absolute atomic E-state index is 11.4. The lowest BCUT2D eigenvalue weighted by Crippen LogP contribution is -2.07. The molecule has 0 unspecified atom stereocenters. The smallest absolute Gasteiger partial charge is 0.335 e. The molecule has 24 heavy (non-hydrogen) atoms. The molecule has 0 aliphatic rings. The highest BCUT2D eigenvalue weighted by atomic mass is 32.2. The Morgan fingerprint density at radius 3 is 2.29 bits per heavy atom. The maximum Gasteiger partial charge on any atom is 0.335 e. The van der Waals surface area contributed by atoms with Crippen LogP contribution in [0, 0.1) is 0 Å². The number of carboxylic acids is 1. The van der Waals surface area contributed by atoms with E-state index in [-0.39, 0.29) is 28.2 Å². The third-order valence-corrected chi connectivity index (χ3v) is 3.82. The first-order valence-electron chi connectivity index (χ1n) is 7.04. The first-order valence-corrected chi connectivity index (χ1v) is 8.93. The van der Waals surface area contributed by atoms with E-state index in [2.05, 4.69) is 4.98 Å². The molecule has 0 saturated heterocycles. The topological polar surface area (TPSA) is 103 Å². The van der Waals surface area contributed by atoms with Crippen LogP contribution in [-0.4, -0.2) is 36.8 Å². The Morgan fingerprint density at radius 1 is 1.12 bits per heavy atom. The number of benzene rings is 1. The van der Waals surface area contributed by atoms with Crippen LogP contribution in [0.5, 0.6) is 17.2 Å². The highest BCUT2D eigenvalue weighted by molar-refractivity contribution is 7.90. The molecule has 2 rings (SSSR count). The fourth-order valence-corrected chi connectivity index (χ4v) is 2.44. The molecule has 7 nitrogen and oxygen atoms in total. The van der Waals surface area contributed by atoms with Crippen molar-refractivity contribution in [3.05, 3.63) is 42.1 Å². The normalized spacial score (nSPS) is 11.3. The molecule has 1 aromatic carbocycles. The summed E-state index contributed by atoms with van der Waals surface area (Å²) < 4.78 is 33.8. The lowest BCUT2D eigenvalue weighted by atomic mass is 10.2. The number of carbonyl (C=O) groups is 1. The first kappa shape index (κ1) is 17.7. The Bertz CT molecular complexity index is 843. The van der Waals surface area contributed by atoms with Crippen molar-refractivity contribution < 1.29 is 27.8 Å². The molecule has 0 amide bonds. The molecule has 0 atom stereocenters. The summed E-state index contributed by atoms with van der Waals surface area (Å²) in [4.78, 5) is 15.0. The molecule has 1 heterocycles. The van der Waals surface area contributed by atoms with E-state index in [1.54, 1.807) is 6.07 Å². The van der Waals surface area contributed by atoms with Crippen molar-refractivity contribution in [2.24, 2.45) is 0 Å². The van der Waals surface area contributed by atoms with Gasteiger partial charge in [-0.2, -0.15) is 0 Å². The van der Waals surface area contributed by atoms with Gasteiger partial charge in [-0.05, 0) is 38.1 Å². The monoisotopic (exact) mass is 351 g/mol. The number of ether oxygens (including phenoxy) is 2. The lowest BCUT2D eigenvalue weighted by Gasteiger charge is -2.13. The van der Waals surface area contributed by atoms with E-state index in [1.807, 2.05) is 13.8 Å². The number of hydrogen-bond donors (Lipinski definition) is 1. The Morgan fingerprint density at radius 2 is 1.79 bits per heavy atom. The summed E-state index contributed by atoms with van der Waals surface area (Å²) in [5.41, 5.74) is 0.0175. The standard InChI is InChI=1S/C16H17NO6S/c1-10(2)22-13-6-11(16(18)19)7-14(8-13)23-12-4-5-15(17-9-12)24(3,20)21/h4-10H,1-3H3,(H,18,19). The average molecular weight is 351 g/mol. The van der Waals surface area contributed by atoms with Crippen molar-refractivity contribution in [3.8, 4) is 17.2 Å². The second-order valence-corrected chi connectivity index (χ2v) is 7.33. The molecule has 0 radical (unpaired) electrons. The van der Waals surface area contributed by atoms with Crippen LogP contribution >= 0.6 is 0 Å². The van der Waals surface area contributed by atoms with Gasteiger partial charge in [0.1, 0.15) is 17.2 Å². The van der Waals surface area contributed by atoms with Gasteiger partial charge in [0, 0.05) is 12.3 Å². The fraction of sp³-hybridized carbons (Fsp3) is 0.250. The van der Waals surface area contributed by atoms with Gasteiger partial charge >= 0.3 is 5.97 Å². The summed E-state index contributed by atoms with van der Waals surface area (Å²) in [5.74, 6) is -0.222. The van der Waals surface area contributed by atoms with Gasteiger partial charge in [0.15, 0.2) is 14.9 Å². The molecular formula is C16H17NO6S. The van der Waals surface area contributed by atoms with Gasteiger partial charge < -0.3 is 14.6 Å². The highest BCUT2D eigenvalue weighted by Crippen LogP contribution is 2.28. The van der Waals surface area contributed by atoms with E-state index in [0.717, 1.165) is 6.26 Å². The van der Waals surface area contributed by atoms with Gasteiger partial charge in [0.25, 0.3) is 0 Å². The molecular weight excluding hydrogens is 334 g/mol. The van der Waals surface area contributed by atoms with E-state index in [1.165, 1.54) is 30.5 Å². The van der Waals surface area contributed by atoms with Crippen molar-refractivity contribution in [2.75, 3.05) is 6.26 Å². The molecule has 0 saturated carbocycles. The minimum atomic E-state index is -3.39. The van der Waals surface area contributed by atoms with Crippen LogP contribution in [0.25, 0.3) is 0 Å². The van der Waals surface area contributed by atoms with Crippen molar-refractivity contribution in [3.63, 3.8) is 0 Å². The SMILES string of the molecule is CC(C)Oc1cc(Oc2ccc(S(C)(=O)=O)nc2)cc(C(=O)O)c1. The highest BCUT2D eigenvalue weighted by Gasteiger charge is 2.12. The number of carboxylic acid groups (broad SMARTS) is 1. The van der Waals surface area contributed by atoms with Crippen LogP contribution in [-0.2, 0) is 9.84 Å². The van der Waals surface area contributed by atoms with Crippen LogP contribution in [0.1, 0.15) is 24.2 Å². The zero-order valence-electron chi connectivity index (χ0n) is 13.4. The predicted octanol–water partition coefficient (Wildman–Crippen LogP) is 2.76. The molecule has 1 aromatic heterocycles. The van der Waals surface area contributed by atoms with Crippen molar-refractivity contribution >= 4 is 15.8 Å². The van der Waals surface area contributed by atoms with E-state index < -0.39 is 15.8 Å². The summed E-state index contributed by atoms with van der Waals surface area (Å²) in [5, 5.41) is 9.10. The zero-order chi connectivity index (χ0) is 17.9. The van der Waals surface area contributed by atoms with Crippen LogP contribution in [0.4, 0.5) is 0 Å². The van der Waals surface area contributed by atoms with Crippen LogP contribution in [0.15, 0.2) is 41.6 Å². The van der Waals surface area contributed by atoms with Gasteiger partial charge in [-0.1, -0.05) is 0 Å². The Labute approximate surface area is 139 Å². The fourth-order valence-electron chi connectivity index (χ4n) is 1.88. The first-order chi connectivity index (χ1) is 11.1. The predicted molar refractivity (Wildman–Crippen MR) is 86.6 cm³/mol. The third-order valence-electron chi connectivity index (χ3n) is 2.82. The third kappa shape index (κ3) is 4.69. The van der Waals surface area contributed by atoms with Crippen molar-refractivity contribution in [1.29, 1.82) is 0 Å². The maximum atomic E-state index is 11.4. The Kier molecular flexibility index (Phi) is 5.08. The van der Waals surface area contributed by atoms with Gasteiger partial charge in [-0.25, -0.2) is 18.2 Å². The van der Waals surface area contributed by atoms with Crippen molar-refractivity contribution in [2.45, 2.75) is 25.0 Å². The molecule has 0 spiro atoms. The molecule has 0 aliphatic carbocycles. The van der Waals surface area contributed by atoms with Gasteiger partial charge in [0.2, 0.25) is 0 Å². The summed E-state index contributed by atoms with van der Waals surface area (Å²) in [6, 6.07) is 7.06. The lowest BCUT2D eigenvalue weighted by molar-refractivity contribution is 0.0695. The summed E-state index contributed by atoms with van der Waals surface area (Å²) >= 11 is 0. The Balaban J connectivity index is 2.31. The molecule has 0 fully saturated rings. The van der Waals surface area contributed by atoms with Crippen LogP contribution < -0.4 is 9.47 Å². The summed E-state index contributed by atoms with van der Waals surface area (Å²) in [6.45, 7) is 3.64. The largest absolute Gasteiger partial charge is 0.491 e. The van der Waals surface area contributed by atoms with Crippen LogP contribution in [0.3, 0.4) is 0 Å². The minimum absolute atomic E-state index is 0.0175. The molecule has 8 heteroatoms. The summed E-state index contributed by atoms with van der Waals surface area (Å²) in [6.07, 6.45) is 2.19. The number of hydrogen-bond acceptors (Lipinski definition) is 6. The minimum Gasteiger partial charge on any atom is -0.491 e. The van der Waals surface area contributed by atoms with E-state index in [9.17, 15) is 13.2 Å². The second-order valence-electron chi connectivity index (χ2n) is 5.37. The van der Waals surface area contributed by atoms with E-state index in [0.29, 0.717) is 5.75 Å². The second kappa shape index (κ2) is 6.88. The number of aromatic nitrogens is 1. The molecule has 0 aliphatic heterocycles. The average Bonchev–Trinajstić information content (AvgIpc) is 2.45. The Hall–Kier alpha value is -2.61. The molecule has 1 N–H and O–H groups in total. The van der Waals surface area contributed by atoms with E-state index in [4.69, 9.17) is 14.6 Å². The molecule has 0 bridgehead atoms. The van der Waals surface area contributed by atoms with Gasteiger partial charge in [0.05, 0.1) is 17.9 Å². The number of nitrogens with zero attached hydrogens (tertiary/aromatic N) is 1. The number of sulfone groups is 1. The van der Waals surface area contributed by atoms with Gasteiger partial charge in [-0.3, -0.25) is 0 Å². The zero-order valence-corrected chi connectivity index (χ0v) is 14.2. The number of pyridine rings is 1. The molecule has 2 aromatic rings. The quantitative estimate of drug-likeness (QED) is 0.853. The number of rotatable bonds is 6. The van der Waals surface area contributed by atoms with E-state index >= 15 is 0 Å². The number of aromatic carboxylic acids is 1. The van der Waals surface area contributed by atoms with Crippen LogP contribution in [0.2, 0.25) is 0 Å². The van der Waals surface area contributed by atoms with Gasteiger partial charge in [-0.15, -0.1) is 0 Å². The van der Waals surface area contributed by atoms with Crippen molar-refractivity contribution in [1.82, 2.24) is 4.98 Å². The molecule has 128 valence electrons. The summed E-state index contributed by atoms with van der Waals surface area (Å²) in [7, 11) is -3.39.